The van der Waals surface area contributed by atoms with Crippen LogP contribution in [0, 0.1) is 34.1 Å². The van der Waals surface area contributed by atoms with Crippen LogP contribution >= 0.6 is 24.0 Å². The number of carbonyl (C=O) groups excluding carboxylic acids is 1. The molecule has 10 nitrogen and oxygen atoms in total. The molecule has 0 aliphatic carbocycles. The fourth-order valence-corrected chi connectivity index (χ4v) is 4.83. The summed E-state index contributed by atoms with van der Waals surface area (Å²) in [4.78, 5) is 36.0. The van der Waals surface area contributed by atoms with E-state index in [0.29, 0.717) is 20.5 Å². The highest BCUT2D eigenvalue weighted by Gasteiger charge is 2.33. The van der Waals surface area contributed by atoms with Crippen LogP contribution in [0.2, 0.25) is 0 Å². The molecule has 1 amide bonds. The Balaban J connectivity index is 1.62. The summed E-state index contributed by atoms with van der Waals surface area (Å²) in [6, 6.07) is 13.6. The predicted octanol–water partition coefficient (Wildman–Crippen LogP) is 6.33. The summed E-state index contributed by atoms with van der Waals surface area (Å²) in [5, 5.41) is 22.4. The van der Waals surface area contributed by atoms with E-state index in [4.69, 9.17) is 21.7 Å². The van der Waals surface area contributed by atoms with Gasteiger partial charge in [-0.1, -0.05) is 36.1 Å². The second-order valence-corrected chi connectivity index (χ2v) is 9.64. The molecule has 3 aromatic carbocycles. The normalized spacial score (nSPS) is 14.2. The smallest absolute Gasteiger partial charge is 0.318 e. The van der Waals surface area contributed by atoms with Gasteiger partial charge in [0.2, 0.25) is 5.75 Å². The molecule has 0 unspecified atom stereocenters. The maximum atomic E-state index is 13.1. The van der Waals surface area contributed by atoms with Crippen LogP contribution in [0.25, 0.3) is 6.08 Å². The SMILES string of the molecule is COc1cc(/C=C2/SC(=S)N(c3ccc(C)c(C)c3)C2=O)ccc1Oc1ccc([N+](=O)[O-])cc1[N+](=O)[O-]. The van der Waals surface area contributed by atoms with E-state index in [0.717, 1.165) is 29.3 Å². The third kappa shape index (κ3) is 5.29. The molecule has 1 heterocycles. The minimum atomic E-state index is -0.763. The van der Waals surface area contributed by atoms with Gasteiger partial charge in [0, 0.05) is 6.07 Å². The van der Waals surface area contributed by atoms with Gasteiger partial charge < -0.3 is 9.47 Å². The number of amides is 1. The van der Waals surface area contributed by atoms with Crippen LogP contribution in [-0.2, 0) is 4.79 Å². The number of hydrogen-bond acceptors (Lipinski definition) is 9. The molecule has 12 heteroatoms. The van der Waals surface area contributed by atoms with Crippen molar-refractivity contribution >= 4 is 57.3 Å². The van der Waals surface area contributed by atoms with E-state index >= 15 is 0 Å². The van der Waals surface area contributed by atoms with E-state index in [1.165, 1.54) is 29.8 Å². The minimum Gasteiger partial charge on any atom is -0.493 e. The standard InChI is InChI=1S/C25H19N3O7S2/c1-14-4-6-17(10-15(14)2)26-24(29)23(37-25(26)36)12-16-5-8-21(22(11-16)34-3)35-20-9-7-18(27(30)31)13-19(20)28(32)33/h4-13H,1-3H3/b23-12+. The Morgan fingerprint density at radius 2 is 1.65 bits per heavy atom. The molecule has 0 spiro atoms. The number of nitrogens with zero attached hydrogens (tertiary/aromatic N) is 3. The monoisotopic (exact) mass is 537 g/mol. The number of thiocarbonyl (C=S) groups is 1. The number of rotatable bonds is 7. The molecule has 0 N–H and O–H groups in total. The highest BCUT2D eigenvalue weighted by Crippen LogP contribution is 2.40. The first-order valence-electron chi connectivity index (χ1n) is 10.7. The molecule has 3 aromatic rings. The molecule has 1 saturated heterocycles. The molecule has 1 fully saturated rings. The van der Waals surface area contributed by atoms with Crippen molar-refractivity contribution in [3.63, 3.8) is 0 Å². The number of ether oxygens (including phenoxy) is 2. The first-order chi connectivity index (χ1) is 17.6. The number of thioether (sulfide) groups is 1. The number of benzene rings is 3. The molecular weight excluding hydrogens is 518 g/mol. The highest BCUT2D eigenvalue weighted by molar-refractivity contribution is 8.27. The number of anilines is 1. The van der Waals surface area contributed by atoms with E-state index in [2.05, 4.69) is 0 Å². The maximum Gasteiger partial charge on any atom is 0.318 e. The van der Waals surface area contributed by atoms with Gasteiger partial charge in [-0.25, -0.2) is 0 Å². The molecule has 1 aliphatic rings. The van der Waals surface area contributed by atoms with Crippen LogP contribution in [-0.4, -0.2) is 27.2 Å². The summed E-state index contributed by atoms with van der Waals surface area (Å²) in [7, 11) is 1.40. The van der Waals surface area contributed by atoms with Gasteiger partial charge in [0.25, 0.3) is 11.6 Å². The molecule has 0 atom stereocenters. The number of hydrogen-bond donors (Lipinski definition) is 0. The molecule has 0 aromatic heterocycles. The molecule has 188 valence electrons. The minimum absolute atomic E-state index is 0.152. The van der Waals surface area contributed by atoms with Crippen molar-refractivity contribution in [2.75, 3.05) is 12.0 Å². The third-order valence-electron chi connectivity index (χ3n) is 5.60. The molecule has 4 rings (SSSR count). The number of aryl methyl sites for hydroxylation is 2. The lowest BCUT2D eigenvalue weighted by Gasteiger charge is -2.16. The Morgan fingerprint density at radius 3 is 2.30 bits per heavy atom. The van der Waals surface area contributed by atoms with Gasteiger partial charge in [-0.3, -0.25) is 29.9 Å². The summed E-state index contributed by atoms with van der Waals surface area (Å²) in [6.45, 7) is 3.96. The number of non-ortho nitro benzene ring substituents is 1. The fraction of sp³-hybridized carbons (Fsp3) is 0.120. The Kier molecular flexibility index (Phi) is 7.23. The van der Waals surface area contributed by atoms with Gasteiger partial charge >= 0.3 is 5.69 Å². The summed E-state index contributed by atoms with van der Waals surface area (Å²) in [5.41, 5.74) is 2.47. The van der Waals surface area contributed by atoms with Gasteiger partial charge in [-0.2, -0.15) is 0 Å². The average molecular weight is 538 g/mol. The molecule has 37 heavy (non-hydrogen) atoms. The third-order valence-corrected chi connectivity index (χ3v) is 6.90. The van der Waals surface area contributed by atoms with Crippen molar-refractivity contribution in [2.45, 2.75) is 13.8 Å². The van der Waals surface area contributed by atoms with Crippen molar-refractivity contribution in [1.82, 2.24) is 0 Å². The number of nitro benzene ring substituents is 2. The van der Waals surface area contributed by atoms with Gasteiger partial charge in [-0.15, -0.1) is 0 Å². The van der Waals surface area contributed by atoms with Crippen molar-refractivity contribution in [3.05, 3.63) is 96.4 Å². The highest BCUT2D eigenvalue weighted by atomic mass is 32.2. The average Bonchev–Trinajstić information content (AvgIpc) is 3.14. The fourth-order valence-electron chi connectivity index (χ4n) is 3.53. The maximum absolute atomic E-state index is 13.1. The van der Waals surface area contributed by atoms with E-state index in [-0.39, 0.29) is 23.2 Å². The molecular formula is C25H19N3O7S2. The van der Waals surface area contributed by atoms with Crippen LogP contribution in [0.15, 0.2) is 59.5 Å². The zero-order chi connectivity index (χ0) is 26.9. The van der Waals surface area contributed by atoms with Gasteiger partial charge in [0.1, 0.15) is 0 Å². The van der Waals surface area contributed by atoms with Crippen LogP contribution in [0.1, 0.15) is 16.7 Å². The lowest BCUT2D eigenvalue weighted by molar-refractivity contribution is -0.394. The largest absolute Gasteiger partial charge is 0.493 e. The lowest BCUT2D eigenvalue weighted by atomic mass is 10.1. The molecule has 1 aliphatic heterocycles. The van der Waals surface area contributed by atoms with Gasteiger partial charge in [0.15, 0.2) is 15.8 Å². The predicted molar refractivity (Wildman–Crippen MR) is 144 cm³/mol. The van der Waals surface area contributed by atoms with Crippen molar-refractivity contribution < 1.29 is 24.1 Å². The first kappa shape index (κ1) is 25.8. The Morgan fingerprint density at radius 1 is 0.919 bits per heavy atom. The first-order valence-corrected chi connectivity index (χ1v) is 12.0. The number of nitro groups is 2. The number of methoxy groups -OCH3 is 1. The van der Waals surface area contributed by atoms with E-state index in [9.17, 15) is 25.0 Å². The van der Waals surface area contributed by atoms with E-state index in [1.54, 1.807) is 18.2 Å². The van der Waals surface area contributed by atoms with Crippen molar-refractivity contribution in [3.8, 4) is 17.2 Å². The topological polar surface area (TPSA) is 125 Å². The van der Waals surface area contributed by atoms with Gasteiger partial charge in [0.05, 0.1) is 33.6 Å². The van der Waals surface area contributed by atoms with Crippen molar-refractivity contribution in [2.24, 2.45) is 0 Å². The second-order valence-electron chi connectivity index (χ2n) is 7.96. The van der Waals surface area contributed by atoms with Crippen LogP contribution in [0.3, 0.4) is 0 Å². The summed E-state index contributed by atoms with van der Waals surface area (Å²) in [6.07, 6.45) is 1.67. The lowest BCUT2D eigenvalue weighted by Crippen LogP contribution is -2.27. The van der Waals surface area contributed by atoms with Crippen LogP contribution in [0.4, 0.5) is 17.1 Å². The van der Waals surface area contributed by atoms with E-state index in [1.807, 2.05) is 32.0 Å². The molecule has 0 saturated carbocycles. The zero-order valence-corrected chi connectivity index (χ0v) is 21.4. The Hall–Kier alpha value is -4.29. The second kappa shape index (κ2) is 10.4. The summed E-state index contributed by atoms with van der Waals surface area (Å²) < 4.78 is 11.5. The Labute approximate surface area is 220 Å². The van der Waals surface area contributed by atoms with Crippen LogP contribution < -0.4 is 14.4 Å². The molecule has 0 bridgehead atoms. The summed E-state index contributed by atoms with van der Waals surface area (Å²) in [5.74, 6) is -0.0414. The van der Waals surface area contributed by atoms with Gasteiger partial charge in [-0.05, 0) is 66.9 Å². The zero-order valence-electron chi connectivity index (χ0n) is 19.8. The molecule has 0 radical (unpaired) electrons. The van der Waals surface area contributed by atoms with E-state index < -0.39 is 21.2 Å². The number of carbonyl (C=O) groups is 1. The quantitative estimate of drug-likeness (QED) is 0.147. The van der Waals surface area contributed by atoms with Crippen molar-refractivity contribution in [1.29, 1.82) is 0 Å². The Bertz CT molecular complexity index is 1500. The van der Waals surface area contributed by atoms with Crippen LogP contribution in [0.5, 0.6) is 17.2 Å². The summed E-state index contributed by atoms with van der Waals surface area (Å²) >= 11 is 6.63.